The Bertz CT molecular complexity index is 968. The van der Waals surface area contributed by atoms with E-state index >= 15 is 0 Å². The highest BCUT2D eigenvalue weighted by Crippen LogP contribution is 2.35. The van der Waals surface area contributed by atoms with Gasteiger partial charge in [0, 0.05) is 18.7 Å². The zero-order chi connectivity index (χ0) is 20.6. The van der Waals surface area contributed by atoms with Gasteiger partial charge in [-0.1, -0.05) is 12.8 Å². The van der Waals surface area contributed by atoms with Gasteiger partial charge in [0.25, 0.3) is 18.2 Å². The Morgan fingerprint density at radius 3 is 2.76 bits per heavy atom. The molecule has 4 amide bonds. The second kappa shape index (κ2) is 7.41. The number of amides is 4. The quantitative estimate of drug-likeness (QED) is 0.507. The van der Waals surface area contributed by atoms with E-state index in [4.69, 9.17) is 0 Å². The third-order valence-electron chi connectivity index (χ3n) is 5.52. The lowest BCUT2D eigenvalue weighted by Crippen LogP contribution is -2.44. The van der Waals surface area contributed by atoms with Gasteiger partial charge in [-0.2, -0.15) is 0 Å². The van der Waals surface area contributed by atoms with Crippen LogP contribution in [0.4, 0.5) is 13.6 Å². The summed E-state index contributed by atoms with van der Waals surface area (Å²) in [5.41, 5.74) is 0.295. The molecular formula is C19H21F2N5O3. The van der Waals surface area contributed by atoms with Crippen LogP contribution in [0.25, 0.3) is 11.0 Å². The first-order valence-corrected chi connectivity index (χ1v) is 9.60. The van der Waals surface area contributed by atoms with Gasteiger partial charge in [-0.05, 0) is 37.5 Å². The number of urea groups is 1. The minimum atomic E-state index is -2.71. The average molecular weight is 405 g/mol. The summed E-state index contributed by atoms with van der Waals surface area (Å²) >= 11 is 0. The van der Waals surface area contributed by atoms with Crippen LogP contribution in [0.1, 0.15) is 54.7 Å². The zero-order valence-corrected chi connectivity index (χ0v) is 15.6. The minimum absolute atomic E-state index is 0.175. The molecule has 1 saturated heterocycles. The summed E-state index contributed by atoms with van der Waals surface area (Å²) in [7, 11) is 0. The van der Waals surface area contributed by atoms with Crippen LogP contribution in [0.3, 0.4) is 0 Å². The maximum Gasteiger partial charge on any atom is 0.325 e. The van der Waals surface area contributed by atoms with E-state index in [0.29, 0.717) is 35.9 Å². The lowest BCUT2D eigenvalue weighted by atomic mass is 9.98. The number of hydrogen-bond donors (Lipinski definition) is 3. The molecule has 0 atom stereocenters. The van der Waals surface area contributed by atoms with Gasteiger partial charge in [0.1, 0.15) is 5.54 Å². The molecule has 0 unspecified atom stereocenters. The number of carbonyl (C=O) groups excluding carboxylic acids is 3. The van der Waals surface area contributed by atoms with E-state index in [1.165, 1.54) is 23.1 Å². The molecule has 1 spiro atoms. The van der Waals surface area contributed by atoms with Crippen LogP contribution in [-0.2, 0) is 4.79 Å². The van der Waals surface area contributed by atoms with Crippen molar-refractivity contribution in [1.82, 2.24) is 25.5 Å². The lowest BCUT2D eigenvalue weighted by molar-refractivity contribution is -0.131. The Morgan fingerprint density at radius 1 is 1.28 bits per heavy atom. The van der Waals surface area contributed by atoms with Crippen molar-refractivity contribution < 1.29 is 23.2 Å². The molecule has 1 aliphatic heterocycles. The number of rotatable bonds is 6. The Labute approximate surface area is 165 Å². The first kappa shape index (κ1) is 19.3. The average Bonchev–Trinajstić information content (AvgIpc) is 3.38. The number of alkyl halides is 2. The second-order valence-corrected chi connectivity index (χ2v) is 7.44. The minimum Gasteiger partial charge on any atom is -0.352 e. The van der Waals surface area contributed by atoms with Gasteiger partial charge < -0.3 is 15.6 Å². The fourth-order valence-electron chi connectivity index (χ4n) is 4.01. The Morgan fingerprint density at radius 2 is 2.03 bits per heavy atom. The number of aromatic nitrogens is 2. The summed E-state index contributed by atoms with van der Waals surface area (Å²) in [5.74, 6) is -0.985. The van der Waals surface area contributed by atoms with Gasteiger partial charge in [0.05, 0.1) is 11.0 Å². The van der Waals surface area contributed by atoms with Gasteiger partial charge in [-0.25, -0.2) is 18.6 Å². The van der Waals surface area contributed by atoms with Crippen LogP contribution in [0, 0.1) is 0 Å². The van der Waals surface area contributed by atoms with Crippen LogP contribution in [-0.4, -0.2) is 51.3 Å². The third kappa shape index (κ3) is 3.54. The highest BCUT2D eigenvalue weighted by Gasteiger charge is 2.51. The topological polar surface area (TPSA) is 107 Å². The van der Waals surface area contributed by atoms with Crippen molar-refractivity contribution in [2.45, 2.75) is 44.1 Å². The predicted octanol–water partition coefficient (Wildman–Crippen LogP) is 2.49. The SMILES string of the molecule is O=C(NCCCN1C(=O)NC2(CCCC2)C1=O)c1ccc2nc(C(F)F)[nH]c2c1. The van der Waals surface area contributed by atoms with Crippen molar-refractivity contribution in [3.63, 3.8) is 0 Å². The number of nitrogens with zero attached hydrogens (tertiary/aromatic N) is 2. The monoisotopic (exact) mass is 405 g/mol. The van der Waals surface area contributed by atoms with Gasteiger partial charge in [0.15, 0.2) is 5.82 Å². The summed E-state index contributed by atoms with van der Waals surface area (Å²) in [6.07, 6.45) is 0.907. The first-order valence-electron chi connectivity index (χ1n) is 9.60. The molecule has 4 rings (SSSR count). The fraction of sp³-hybridized carbons (Fsp3) is 0.474. The molecule has 8 nitrogen and oxygen atoms in total. The Kier molecular flexibility index (Phi) is 4.93. The fourth-order valence-corrected chi connectivity index (χ4v) is 4.01. The number of nitrogens with one attached hydrogen (secondary N) is 3. The molecule has 1 aliphatic carbocycles. The van der Waals surface area contributed by atoms with Crippen LogP contribution < -0.4 is 10.6 Å². The molecule has 2 heterocycles. The van der Waals surface area contributed by atoms with E-state index in [2.05, 4.69) is 20.6 Å². The summed E-state index contributed by atoms with van der Waals surface area (Å²) < 4.78 is 25.4. The summed E-state index contributed by atoms with van der Waals surface area (Å²) in [5, 5.41) is 5.54. The van der Waals surface area contributed by atoms with Crippen molar-refractivity contribution in [3.8, 4) is 0 Å². The molecule has 2 aromatic rings. The molecule has 154 valence electrons. The third-order valence-corrected chi connectivity index (χ3v) is 5.52. The smallest absolute Gasteiger partial charge is 0.325 e. The number of carbonyl (C=O) groups is 3. The molecule has 0 radical (unpaired) electrons. The molecule has 0 bridgehead atoms. The number of halogens is 2. The largest absolute Gasteiger partial charge is 0.352 e. The van der Waals surface area contributed by atoms with Crippen molar-refractivity contribution in [2.75, 3.05) is 13.1 Å². The number of hydrogen-bond acceptors (Lipinski definition) is 4. The summed E-state index contributed by atoms with van der Waals surface area (Å²) in [4.78, 5) is 44.5. The Hall–Kier alpha value is -3.04. The van der Waals surface area contributed by atoms with E-state index in [-0.39, 0.29) is 30.9 Å². The second-order valence-electron chi connectivity index (χ2n) is 7.44. The number of fused-ring (bicyclic) bond motifs is 1. The number of aromatic amines is 1. The molecule has 3 N–H and O–H groups in total. The molecule has 2 fully saturated rings. The molecule has 1 saturated carbocycles. The first-order chi connectivity index (χ1) is 13.9. The van der Waals surface area contributed by atoms with E-state index in [1.807, 2.05) is 0 Å². The van der Waals surface area contributed by atoms with Gasteiger partial charge in [-0.3, -0.25) is 14.5 Å². The van der Waals surface area contributed by atoms with Gasteiger partial charge in [0.2, 0.25) is 0 Å². The normalized spacial score (nSPS) is 18.2. The Balaban J connectivity index is 1.30. The summed E-state index contributed by atoms with van der Waals surface area (Å²) in [6, 6.07) is 4.10. The van der Waals surface area contributed by atoms with E-state index < -0.39 is 17.8 Å². The molecule has 2 aliphatic rings. The molecule has 29 heavy (non-hydrogen) atoms. The van der Waals surface area contributed by atoms with Crippen LogP contribution >= 0.6 is 0 Å². The maximum absolute atomic E-state index is 12.7. The van der Waals surface area contributed by atoms with E-state index in [9.17, 15) is 23.2 Å². The van der Waals surface area contributed by atoms with E-state index in [0.717, 1.165) is 12.8 Å². The summed E-state index contributed by atoms with van der Waals surface area (Å²) in [6.45, 7) is 0.496. The van der Waals surface area contributed by atoms with Crippen LogP contribution in [0.15, 0.2) is 18.2 Å². The van der Waals surface area contributed by atoms with Crippen LogP contribution in [0.5, 0.6) is 0 Å². The highest BCUT2D eigenvalue weighted by molar-refractivity contribution is 6.07. The van der Waals surface area contributed by atoms with Crippen molar-refractivity contribution in [2.24, 2.45) is 0 Å². The molecule has 1 aromatic heterocycles. The standard InChI is InChI=1S/C19H21F2N5O3/c20-14(21)15-23-12-5-4-11(10-13(12)24-15)16(27)22-8-3-9-26-17(28)19(25-18(26)29)6-1-2-7-19/h4-5,10,14H,1-3,6-9H2,(H,22,27)(H,23,24)(H,25,29). The van der Waals surface area contributed by atoms with Gasteiger partial charge >= 0.3 is 6.03 Å². The van der Waals surface area contributed by atoms with Crippen molar-refractivity contribution in [3.05, 3.63) is 29.6 Å². The van der Waals surface area contributed by atoms with Crippen LogP contribution in [0.2, 0.25) is 0 Å². The maximum atomic E-state index is 12.7. The molecular weight excluding hydrogens is 384 g/mol. The van der Waals surface area contributed by atoms with E-state index in [1.54, 1.807) is 0 Å². The number of imide groups is 1. The molecule has 10 heteroatoms. The highest BCUT2D eigenvalue weighted by atomic mass is 19.3. The molecule has 1 aromatic carbocycles. The lowest BCUT2D eigenvalue weighted by Gasteiger charge is -2.20. The van der Waals surface area contributed by atoms with Crippen molar-refractivity contribution in [1.29, 1.82) is 0 Å². The van der Waals surface area contributed by atoms with Crippen molar-refractivity contribution >= 4 is 28.9 Å². The number of benzene rings is 1. The number of imidazole rings is 1. The zero-order valence-electron chi connectivity index (χ0n) is 15.6. The van der Waals surface area contributed by atoms with Gasteiger partial charge in [-0.15, -0.1) is 0 Å². The predicted molar refractivity (Wildman–Crippen MR) is 99.4 cm³/mol. The number of H-pyrrole nitrogens is 1.